The van der Waals surface area contributed by atoms with Gasteiger partial charge in [0.1, 0.15) is 16.6 Å². The number of hydrogen-bond acceptors (Lipinski definition) is 2. The molecule has 0 aliphatic rings. The lowest BCUT2D eigenvalue weighted by atomic mass is 10.2. The minimum Gasteiger partial charge on any atom is -0.508 e. The maximum absolute atomic E-state index is 12.3. The van der Waals surface area contributed by atoms with E-state index < -0.39 is 0 Å². The second-order valence-corrected chi connectivity index (χ2v) is 5.32. The summed E-state index contributed by atoms with van der Waals surface area (Å²) >= 11 is 11.9. The highest BCUT2D eigenvalue weighted by atomic mass is 35.5. The van der Waals surface area contributed by atoms with Crippen LogP contribution in [0.15, 0.2) is 30.3 Å². The summed E-state index contributed by atoms with van der Waals surface area (Å²) in [5.41, 5.74) is 1.35. The van der Waals surface area contributed by atoms with Crippen LogP contribution in [0.4, 0.5) is 0 Å². The van der Waals surface area contributed by atoms with Crippen molar-refractivity contribution in [2.24, 2.45) is 7.05 Å². The average Bonchev–Trinajstić information content (AvgIpc) is 2.68. The lowest BCUT2D eigenvalue weighted by molar-refractivity contribution is 0.0775. The van der Waals surface area contributed by atoms with Crippen LogP contribution in [-0.4, -0.2) is 27.5 Å². The summed E-state index contributed by atoms with van der Waals surface area (Å²) in [6, 6.07) is 8.27. The zero-order chi connectivity index (χ0) is 14.9. The molecule has 4 nitrogen and oxygen atoms in total. The third kappa shape index (κ3) is 2.92. The van der Waals surface area contributed by atoms with Gasteiger partial charge in [0.25, 0.3) is 5.91 Å². The molecule has 0 bridgehead atoms. The number of phenols is 1. The number of aromatic nitrogens is 1. The topological polar surface area (TPSA) is 45.5 Å². The van der Waals surface area contributed by atoms with Gasteiger partial charge in [-0.05, 0) is 23.8 Å². The Labute approximate surface area is 127 Å². The Balaban J connectivity index is 2.16. The highest BCUT2D eigenvalue weighted by Gasteiger charge is 2.19. The lowest BCUT2D eigenvalue weighted by Gasteiger charge is -2.17. The molecule has 0 atom stereocenters. The molecule has 0 aliphatic carbocycles. The van der Waals surface area contributed by atoms with Gasteiger partial charge in [-0.25, -0.2) is 0 Å². The van der Waals surface area contributed by atoms with Crippen molar-refractivity contribution in [2.45, 2.75) is 6.54 Å². The first-order valence-corrected chi connectivity index (χ1v) is 6.70. The summed E-state index contributed by atoms with van der Waals surface area (Å²) < 4.78 is 1.56. The van der Waals surface area contributed by atoms with Crippen molar-refractivity contribution in [2.75, 3.05) is 7.05 Å². The number of carbonyl (C=O) groups is 1. The zero-order valence-electron chi connectivity index (χ0n) is 11.1. The molecule has 0 saturated carbocycles. The number of halogens is 2. The molecule has 106 valence electrons. The van der Waals surface area contributed by atoms with Crippen molar-refractivity contribution < 1.29 is 9.90 Å². The Morgan fingerprint density at radius 1 is 1.30 bits per heavy atom. The summed E-state index contributed by atoms with van der Waals surface area (Å²) in [4.78, 5) is 13.9. The van der Waals surface area contributed by atoms with Crippen molar-refractivity contribution in [3.05, 3.63) is 51.8 Å². The van der Waals surface area contributed by atoms with E-state index in [0.717, 1.165) is 5.56 Å². The van der Waals surface area contributed by atoms with Crippen molar-refractivity contribution in [3.63, 3.8) is 0 Å². The minimum absolute atomic E-state index is 0.172. The van der Waals surface area contributed by atoms with Gasteiger partial charge < -0.3 is 14.6 Å². The zero-order valence-corrected chi connectivity index (χ0v) is 12.6. The first-order valence-electron chi connectivity index (χ1n) is 5.94. The van der Waals surface area contributed by atoms with Gasteiger partial charge in [-0.15, -0.1) is 0 Å². The first-order chi connectivity index (χ1) is 9.40. The Bertz CT molecular complexity index is 635. The van der Waals surface area contributed by atoms with Crippen LogP contribution in [0, 0.1) is 0 Å². The number of phenolic OH excluding ortho intramolecular Hbond substituents is 1. The minimum atomic E-state index is -0.172. The first kappa shape index (κ1) is 14.8. The molecule has 1 N–H and O–H groups in total. The van der Waals surface area contributed by atoms with Crippen molar-refractivity contribution in [1.29, 1.82) is 0 Å². The second-order valence-electron chi connectivity index (χ2n) is 4.56. The molecule has 2 rings (SSSR count). The molecule has 6 heteroatoms. The summed E-state index contributed by atoms with van der Waals surface area (Å²) in [6.45, 7) is 0.430. The third-order valence-corrected chi connectivity index (χ3v) is 3.88. The van der Waals surface area contributed by atoms with Crippen LogP contribution in [0.2, 0.25) is 10.2 Å². The molecular formula is C14H14Cl2N2O2. The lowest BCUT2D eigenvalue weighted by Crippen LogP contribution is -2.27. The Kier molecular flexibility index (Phi) is 4.26. The van der Waals surface area contributed by atoms with E-state index in [1.165, 1.54) is 0 Å². The number of amides is 1. The van der Waals surface area contributed by atoms with E-state index in [9.17, 15) is 9.90 Å². The fourth-order valence-electron chi connectivity index (χ4n) is 1.89. The Hall–Kier alpha value is -1.65. The van der Waals surface area contributed by atoms with Crippen molar-refractivity contribution >= 4 is 29.1 Å². The van der Waals surface area contributed by atoms with Gasteiger partial charge in [-0.1, -0.05) is 35.3 Å². The molecule has 1 aromatic heterocycles. The average molecular weight is 313 g/mol. The van der Waals surface area contributed by atoms with Crippen LogP contribution in [0.5, 0.6) is 5.75 Å². The van der Waals surface area contributed by atoms with E-state index in [2.05, 4.69) is 0 Å². The molecule has 0 aliphatic heterocycles. The highest BCUT2D eigenvalue weighted by molar-refractivity contribution is 6.41. The number of benzene rings is 1. The Morgan fingerprint density at radius 3 is 2.40 bits per heavy atom. The standard InChI is InChI=1S/C14H14Cl2N2O2/c1-17(8-9-3-5-10(19)6-4-9)14(20)12-7-11(15)13(16)18(12)2/h3-7,19H,8H2,1-2H3. The second kappa shape index (κ2) is 5.77. The van der Waals surface area contributed by atoms with Gasteiger partial charge in [0.15, 0.2) is 0 Å². The predicted molar refractivity (Wildman–Crippen MR) is 79.3 cm³/mol. The molecule has 20 heavy (non-hydrogen) atoms. The van der Waals surface area contributed by atoms with Crippen LogP contribution < -0.4 is 0 Å². The smallest absolute Gasteiger partial charge is 0.270 e. The fourth-order valence-corrected chi connectivity index (χ4v) is 2.27. The van der Waals surface area contributed by atoms with E-state index in [1.54, 1.807) is 53.9 Å². The maximum Gasteiger partial charge on any atom is 0.270 e. The molecule has 0 spiro atoms. The van der Waals surface area contributed by atoms with E-state index in [0.29, 0.717) is 22.4 Å². The number of nitrogens with zero attached hydrogens (tertiary/aromatic N) is 2. The van der Waals surface area contributed by atoms with E-state index in [-0.39, 0.29) is 11.7 Å². The molecule has 0 saturated heterocycles. The van der Waals surface area contributed by atoms with E-state index in [1.807, 2.05) is 0 Å². The van der Waals surface area contributed by atoms with Crippen LogP contribution >= 0.6 is 23.2 Å². The molecular weight excluding hydrogens is 299 g/mol. The van der Waals surface area contributed by atoms with Crippen LogP contribution in [0.1, 0.15) is 16.1 Å². The molecule has 0 unspecified atom stereocenters. The van der Waals surface area contributed by atoms with Crippen LogP contribution in [0.3, 0.4) is 0 Å². The number of aromatic hydroxyl groups is 1. The van der Waals surface area contributed by atoms with Gasteiger partial charge in [0.2, 0.25) is 0 Å². The number of rotatable bonds is 3. The van der Waals surface area contributed by atoms with Gasteiger partial charge in [0, 0.05) is 20.6 Å². The monoisotopic (exact) mass is 312 g/mol. The van der Waals surface area contributed by atoms with Gasteiger partial charge >= 0.3 is 0 Å². The largest absolute Gasteiger partial charge is 0.508 e. The molecule has 0 fully saturated rings. The van der Waals surface area contributed by atoms with Crippen LogP contribution in [-0.2, 0) is 13.6 Å². The van der Waals surface area contributed by atoms with Crippen molar-refractivity contribution in [3.8, 4) is 5.75 Å². The SMILES string of the molecule is CN(Cc1ccc(O)cc1)C(=O)c1cc(Cl)c(Cl)n1C. The summed E-state index contributed by atoms with van der Waals surface area (Å²) in [5.74, 6) is 0.0260. The number of hydrogen-bond donors (Lipinski definition) is 1. The van der Waals surface area contributed by atoms with Crippen molar-refractivity contribution in [1.82, 2.24) is 9.47 Å². The fraction of sp³-hybridized carbons (Fsp3) is 0.214. The maximum atomic E-state index is 12.3. The van der Waals surface area contributed by atoms with E-state index in [4.69, 9.17) is 23.2 Å². The van der Waals surface area contributed by atoms with E-state index >= 15 is 0 Å². The van der Waals surface area contributed by atoms with Gasteiger partial charge in [-0.3, -0.25) is 4.79 Å². The molecule has 0 radical (unpaired) electrons. The Morgan fingerprint density at radius 2 is 1.90 bits per heavy atom. The quantitative estimate of drug-likeness (QED) is 0.945. The normalized spacial score (nSPS) is 10.6. The van der Waals surface area contributed by atoms with Gasteiger partial charge in [0.05, 0.1) is 5.02 Å². The molecule has 1 heterocycles. The predicted octanol–water partition coefficient (Wildman–Crippen LogP) is 3.31. The summed E-state index contributed by atoms with van der Waals surface area (Å²) in [7, 11) is 3.39. The third-order valence-electron chi connectivity index (χ3n) is 3.04. The van der Waals surface area contributed by atoms with Crippen LogP contribution in [0.25, 0.3) is 0 Å². The van der Waals surface area contributed by atoms with Gasteiger partial charge in [-0.2, -0.15) is 0 Å². The number of carbonyl (C=O) groups excluding carboxylic acids is 1. The highest BCUT2D eigenvalue weighted by Crippen LogP contribution is 2.26. The summed E-state index contributed by atoms with van der Waals surface area (Å²) in [6.07, 6.45) is 0. The summed E-state index contributed by atoms with van der Waals surface area (Å²) in [5, 5.41) is 9.93. The molecule has 2 aromatic rings. The molecule has 1 aromatic carbocycles. The molecule has 1 amide bonds.